The van der Waals surface area contributed by atoms with Gasteiger partial charge >= 0.3 is 0 Å². The molecule has 0 heterocycles. The molecule has 0 aromatic heterocycles. The maximum atomic E-state index is 6.27. The third-order valence-electron chi connectivity index (χ3n) is 3.95. The summed E-state index contributed by atoms with van der Waals surface area (Å²) in [5.41, 5.74) is 0.0879. The highest BCUT2D eigenvalue weighted by atomic mass is 35.5. The molecule has 2 nitrogen and oxygen atoms in total. The molecule has 1 aliphatic rings. The molecule has 0 saturated heterocycles. The standard InChI is InChI=1S/C14H19ClO2/c1-4-14(2)12(15)9-13(14)17-11-7-5-6-10(8-11)16-3/h5-8,12-13H,4,9H2,1-3H3. The first-order valence-electron chi connectivity index (χ1n) is 6.05. The van der Waals surface area contributed by atoms with Crippen LogP contribution in [0.3, 0.4) is 0 Å². The highest BCUT2D eigenvalue weighted by Crippen LogP contribution is 2.49. The fraction of sp³-hybridized carbons (Fsp3) is 0.571. The van der Waals surface area contributed by atoms with E-state index in [1.54, 1.807) is 7.11 Å². The third-order valence-corrected chi connectivity index (χ3v) is 4.63. The number of rotatable bonds is 4. The molecule has 0 radical (unpaired) electrons. The Labute approximate surface area is 108 Å². The van der Waals surface area contributed by atoms with Gasteiger partial charge < -0.3 is 9.47 Å². The van der Waals surface area contributed by atoms with Crippen molar-refractivity contribution in [1.29, 1.82) is 0 Å². The molecular formula is C14H19ClO2. The molecule has 1 aromatic rings. The van der Waals surface area contributed by atoms with Crippen LogP contribution in [0.5, 0.6) is 11.5 Å². The van der Waals surface area contributed by atoms with Crippen LogP contribution in [0, 0.1) is 5.41 Å². The van der Waals surface area contributed by atoms with E-state index in [1.807, 2.05) is 24.3 Å². The highest BCUT2D eigenvalue weighted by molar-refractivity contribution is 6.21. The minimum atomic E-state index is 0.0879. The third kappa shape index (κ3) is 2.23. The number of benzene rings is 1. The minimum Gasteiger partial charge on any atom is -0.497 e. The van der Waals surface area contributed by atoms with E-state index < -0.39 is 0 Å². The van der Waals surface area contributed by atoms with E-state index in [0.29, 0.717) is 0 Å². The van der Waals surface area contributed by atoms with Crippen LogP contribution in [-0.2, 0) is 0 Å². The summed E-state index contributed by atoms with van der Waals surface area (Å²) in [6, 6.07) is 7.73. The summed E-state index contributed by atoms with van der Waals surface area (Å²) < 4.78 is 11.2. The molecule has 3 unspecified atom stereocenters. The second-order valence-corrected chi connectivity index (χ2v) is 5.37. The number of methoxy groups -OCH3 is 1. The Morgan fingerprint density at radius 2 is 2.12 bits per heavy atom. The monoisotopic (exact) mass is 254 g/mol. The Hall–Kier alpha value is -0.890. The Morgan fingerprint density at radius 1 is 1.41 bits per heavy atom. The van der Waals surface area contributed by atoms with Crippen molar-refractivity contribution in [2.24, 2.45) is 5.41 Å². The first-order valence-corrected chi connectivity index (χ1v) is 6.48. The van der Waals surface area contributed by atoms with Gasteiger partial charge in [-0.25, -0.2) is 0 Å². The summed E-state index contributed by atoms with van der Waals surface area (Å²) in [6.45, 7) is 4.36. The lowest BCUT2D eigenvalue weighted by Crippen LogP contribution is -2.55. The van der Waals surface area contributed by atoms with Crippen LogP contribution in [0.2, 0.25) is 0 Å². The Kier molecular flexibility index (Phi) is 3.53. The molecule has 94 valence electrons. The largest absolute Gasteiger partial charge is 0.497 e. The summed E-state index contributed by atoms with van der Waals surface area (Å²) in [5.74, 6) is 1.68. The molecule has 0 spiro atoms. The first kappa shape index (κ1) is 12.6. The van der Waals surface area contributed by atoms with Gasteiger partial charge in [0.25, 0.3) is 0 Å². The summed E-state index contributed by atoms with van der Waals surface area (Å²) >= 11 is 6.27. The molecule has 0 bridgehead atoms. The van der Waals surface area contributed by atoms with Gasteiger partial charge in [-0.2, -0.15) is 0 Å². The van der Waals surface area contributed by atoms with Crippen LogP contribution in [0.25, 0.3) is 0 Å². The van der Waals surface area contributed by atoms with Gasteiger partial charge in [-0.1, -0.05) is 19.9 Å². The van der Waals surface area contributed by atoms with Gasteiger partial charge in [0.15, 0.2) is 0 Å². The first-order chi connectivity index (χ1) is 8.10. The zero-order valence-corrected chi connectivity index (χ0v) is 11.3. The average Bonchev–Trinajstić information content (AvgIpc) is 2.37. The molecule has 17 heavy (non-hydrogen) atoms. The molecule has 1 aliphatic carbocycles. The van der Waals surface area contributed by atoms with Crippen molar-refractivity contribution in [3.05, 3.63) is 24.3 Å². The molecule has 3 heteroatoms. The molecule has 0 aliphatic heterocycles. The molecule has 0 amide bonds. The molecule has 3 atom stereocenters. The molecular weight excluding hydrogens is 236 g/mol. The molecule has 1 aromatic carbocycles. The minimum absolute atomic E-state index is 0.0879. The molecule has 1 fully saturated rings. The summed E-state index contributed by atoms with van der Waals surface area (Å²) in [5, 5.41) is 0.225. The van der Waals surface area contributed by atoms with Crippen molar-refractivity contribution >= 4 is 11.6 Å². The predicted molar refractivity (Wildman–Crippen MR) is 70.1 cm³/mol. The van der Waals surface area contributed by atoms with Crippen LogP contribution in [0.15, 0.2) is 24.3 Å². The smallest absolute Gasteiger partial charge is 0.123 e. The fourth-order valence-corrected chi connectivity index (χ4v) is 2.69. The van der Waals surface area contributed by atoms with Crippen molar-refractivity contribution in [1.82, 2.24) is 0 Å². The predicted octanol–water partition coefficient (Wildman–Crippen LogP) is 3.87. The fourth-order valence-electron chi connectivity index (χ4n) is 2.24. The van der Waals surface area contributed by atoms with Crippen molar-refractivity contribution < 1.29 is 9.47 Å². The zero-order chi connectivity index (χ0) is 12.5. The van der Waals surface area contributed by atoms with Gasteiger partial charge in [0.2, 0.25) is 0 Å². The van der Waals surface area contributed by atoms with Gasteiger partial charge in [0.1, 0.15) is 17.6 Å². The Balaban J connectivity index is 2.06. The number of hydrogen-bond acceptors (Lipinski definition) is 2. The maximum Gasteiger partial charge on any atom is 0.123 e. The normalized spacial score (nSPS) is 31.8. The molecule has 0 N–H and O–H groups in total. The van der Waals surface area contributed by atoms with Crippen LogP contribution in [0.1, 0.15) is 26.7 Å². The van der Waals surface area contributed by atoms with E-state index in [2.05, 4.69) is 13.8 Å². The van der Waals surface area contributed by atoms with E-state index in [0.717, 1.165) is 24.3 Å². The quantitative estimate of drug-likeness (QED) is 0.760. The van der Waals surface area contributed by atoms with Crippen molar-refractivity contribution in [3.63, 3.8) is 0 Å². The van der Waals surface area contributed by atoms with Gasteiger partial charge in [0.05, 0.1) is 7.11 Å². The number of alkyl halides is 1. The van der Waals surface area contributed by atoms with E-state index in [1.165, 1.54) is 0 Å². The van der Waals surface area contributed by atoms with Crippen molar-refractivity contribution in [2.75, 3.05) is 7.11 Å². The van der Waals surface area contributed by atoms with Crippen LogP contribution < -0.4 is 9.47 Å². The van der Waals surface area contributed by atoms with Crippen molar-refractivity contribution in [2.45, 2.75) is 38.2 Å². The van der Waals surface area contributed by atoms with Gasteiger partial charge in [0, 0.05) is 23.3 Å². The molecule has 2 rings (SSSR count). The second-order valence-electron chi connectivity index (χ2n) is 4.85. The van der Waals surface area contributed by atoms with E-state index >= 15 is 0 Å². The van der Waals surface area contributed by atoms with Crippen LogP contribution in [-0.4, -0.2) is 18.6 Å². The average molecular weight is 255 g/mol. The van der Waals surface area contributed by atoms with Gasteiger partial charge in [-0.05, 0) is 18.6 Å². The van der Waals surface area contributed by atoms with Gasteiger partial charge in [-0.15, -0.1) is 11.6 Å². The topological polar surface area (TPSA) is 18.5 Å². The Bertz CT molecular complexity index is 394. The number of hydrogen-bond donors (Lipinski definition) is 0. The van der Waals surface area contributed by atoms with E-state index in [9.17, 15) is 0 Å². The van der Waals surface area contributed by atoms with Gasteiger partial charge in [-0.3, -0.25) is 0 Å². The summed E-state index contributed by atoms with van der Waals surface area (Å²) in [6.07, 6.45) is 2.17. The number of halogens is 1. The van der Waals surface area contributed by atoms with Crippen LogP contribution >= 0.6 is 11.6 Å². The van der Waals surface area contributed by atoms with Crippen LogP contribution in [0.4, 0.5) is 0 Å². The summed E-state index contributed by atoms with van der Waals surface area (Å²) in [4.78, 5) is 0. The SMILES string of the molecule is CCC1(C)C(Cl)CC1Oc1cccc(OC)c1. The lowest BCUT2D eigenvalue weighted by atomic mass is 9.65. The van der Waals surface area contributed by atoms with E-state index in [-0.39, 0.29) is 16.9 Å². The lowest BCUT2D eigenvalue weighted by Gasteiger charge is -2.50. The summed E-state index contributed by atoms with van der Waals surface area (Å²) in [7, 11) is 1.66. The second kappa shape index (κ2) is 4.77. The number of ether oxygens (including phenoxy) is 2. The zero-order valence-electron chi connectivity index (χ0n) is 10.6. The van der Waals surface area contributed by atoms with E-state index in [4.69, 9.17) is 21.1 Å². The Morgan fingerprint density at radius 3 is 2.71 bits per heavy atom. The lowest BCUT2D eigenvalue weighted by molar-refractivity contribution is -0.0295. The molecule has 1 saturated carbocycles. The maximum absolute atomic E-state index is 6.27. The highest BCUT2D eigenvalue weighted by Gasteiger charge is 2.51. The van der Waals surface area contributed by atoms with Crippen molar-refractivity contribution in [3.8, 4) is 11.5 Å².